The van der Waals surface area contributed by atoms with Crippen LogP contribution in [-0.2, 0) is 11.3 Å². The Balaban J connectivity index is 1.93. The van der Waals surface area contributed by atoms with Gasteiger partial charge in [-0.05, 0) is 42.6 Å². The van der Waals surface area contributed by atoms with Crippen LogP contribution in [0.25, 0.3) is 0 Å². The van der Waals surface area contributed by atoms with Crippen molar-refractivity contribution in [1.29, 1.82) is 0 Å². The van der Waals surface area contributed by atoms with Crippen molar-refractivity contribution < 1.29 is 9.84 Å². The minimum Gasteiger partial charge on any atom is -0.396 e. The van der Waals surface area contributed by atoms with Gasteiger partial charge in [0.1, 0.15) is 0 Å². The lowest BCUT2D eigenvalue weighted by atomic mass is 9.92. The van der Waals surface area contributed by atoms with Crippen LogP contribution in [0.5, 0.6) is 0 Å². The van der Waals surface area contributed by atoms with Gasteiger partial charge in [-0.15, -0.1) is 0 Å². The molecule has 1 N–H and O–H groups in total. The number of benzene rings is 1. The minimum atomic E-state index is 0.334. The molecule has 0 aliphatic carbocycles. The van der Waals surface area contributed by atoms with Crippen LogP contribution in [0.4, 0.5) is 0 Å². The van der Waals surface area contributed by atoms with Gasteiger partial charge in [0.15, 0.2) is 0 Å². The van der Waals surface area contributed by atoms with Crippen molar-refractivity contribution in [3.8, 4) is 0 Å². The fraction of sp³-hybridized carbons (Fsp3) is 0.739. The van der Waals surface area contributed by atoms with Gasteiger partial charge >= 0.3 is 0 Å². The number of ether oxygens (including phenoxy) is 1. The second-order valence-electron chi connectivity index (χ2n) is 8.04. The van der Waals surface area contributed by atoms with Crippen molar-refractivity contribution in [3.05, 3.63) is 35.9 Å². The molecule has 1 rings (SSSR count). The second-order valence-corrected chi connectivity index (χ2v) is 8.04. The highest BCUT2D eigenvalue weighted by Crippen LogP contribution is 2.21. The summed E-state index contributed by atoms with van der Waals surface area (Å²) in [7, 11) is 0. The maximum Gasteiger partial charge on any atom is 0.0716 e. The first-order valence-corrected chi connectivity index (χ1v) is 10.3. The van der Waals surface area contributed by atoms with Crippen molar-refractivity contribution >= 4 is 0 Å². The van der Waals surface area contributed by atoms with E-state index in [1.807, 2.05) is 6.07 Å². The van der Waals surface area contributed by atoms with Crippen molar-refractivity contribution in [1.82, 2.24) is 0 Å². The molecule has 0 heterocycles. The molecule has 2 nitrogen and oxygen atoms in total. The highest BCUT2D eigenvalue weighted by atomic mass is 16.5. The number of rotatable bonds is 15. The summed E-state index contributed by atoms with van der Waals surface area (Å²) in [5.74, 6) is 2.10. The van der Waals surface area contributed by atoms with E-state index in [2.05, 4.69) is 45.0 Å². The molecule has 0 amide bonds. The van der Waals surface area contributed by atoms with Gasteiger partial charge in [0.25, 0.3) is 0 Å². The lowest BCUT2D eigenvalue weighted by Crippen LogP contribution is -2.03. The molecule has 2 heteroatoms. The molecule has 0 radical (unpaired) electrons. The van der Waals surface area contributed by atoms with Gasteiger partial charge in [0.05, 0.1) is 6.61 Å². The second kappa shape index (κ2) is 14.3. The molecule has 0 saturated carbocycles. The van der Waals surface area contributed by atoms with Crippen LogP contribution in [0.2, 0.25) is 0 Å². The zero-order valence-electron chi connectivity index (χ0n) is 16.8. The quantitative estimate of drug-likeness (QED) is 0.381. The first kappa shape index (κ1) is 22.2. The van der Waals surface area contributed by atoms with Crippen LogP contribution in [0.15, 0.2) is 30.3 Å². The van der Waals surface area contributed by atoms with Gasteiger partial charge in [-0.25, -0.2) is 0 Å². The molecule has 0 spiro atoms. The maximum atomic E-state index is 9.06. The molecule has 0 aromatic heterocycles. The third kappa shape index (κ3) is 12.2. The van der Waals surface area contributed by atoms with E-state index in [9.17, 15) is 0 Å². The van der Waals surface area contributed by atoms with E-state index in [-0.39, 0.29) is 0 Å². The summed E-state index contributed by atoms with van der Waals surface area (Å²) in [6.07, 6.45) is 10.2. The van der Waals surface area contributed by atoms with Crippen LogP contribution in [0.3, 0.4) is 0 Å². The molecule has 0 unspecified atom stereocenters. The summed E-state index contributed by atoms with van der Waals surface area (Å²) >= 11 is 0. The van der Waals surface area contributed by atoms with Crippen molar-refractivity contribution in [2.75, 3.05) is 13.2 Å². The van der Waals surface area contributed by atoms with Crippen molar-refractivity contribution in [2.45, 2.75) is 78.7 Å². The molecular formula is C23H40O2. The Labute approximate surface area is 156 Å². The van der Waals surface area contributed by atoms with Gasteiger partial charge in [0, 0.05) is 13.2 Å². The number of hydrogen-bond donors (Lipinski definition) is 1. The van der Waals surface area contributed by atoms with Crippen LogP contribution < -0.4 is 0 Å². The molecule has 144 valence electrons. The van der Waals surface area contributed by atoms with Gasteiger partial charge in [-0.2, -0.15) is 0 Å². The van der Waals surface area contributed by atoms with Gasteiger partial charge < -0.3 is 9.84 Å². The highest BCUT2D eigenvalue weighted by Gasteiger charge is 2.07. The van der Waals surface area contributed by atoms with Crippen LogP contribution in [-0.4, -0.2) is 18.3 Å². The topological polar surface area (TPSA) is 29.5 Å². The minimum absolute atomic E-state index is 0.334. The summed E-state index contributed by atoms with van der Waals surface area (Å²) in [6.45, 7) is 8.84. The van der Waals surface area contributed by atoms with Gasteiger partial charge in [0.2, 0.25) is 0 Å². The van der Waals surface area contributed by atoms with Crippen molar-refractivity contribution in [3.63, 3.8) is 0 Å². The Bertz CT molecular complexity index is 404. The number of hydrogen-bond acceptors (Lipinski definition) is 2. The highest BCUT2D eigenvalue weighted by molar-refractivity contribution is 5.13. The molecular weight excluding hydrogens is 308 g/mol. The van der Waals surface area contributed by atoms with E-state index in [1.165, 1.54) is 56.9 Å². The normalized spacial score (nSPS) is 15.0. The zero-order chi connectivity index (χ0) is 18.3. The summed E-state index contributed by atoms with van der Waals surface area (Å²) in [5.41, 5.74) is 1.26. The lowest BCUT2D eigenvalue weighted by molar-refractivity contribution is 0.114. The fourth-order valence-corrected chi connectivity index (χ4v) is 3.31. The molecule has 25 heavy (non-hydrogen) atoms. The molecule has 1 aromatic rings. The maximum absolute atomic E-state index is 9.06. The third-order valence-corrected chi connectivity index (χ3v) is 5.20. The van der Waals surface area contributed by atoms with E-state index in [0.717, 1.165) is 25.0 Å². The standard InChI is InChI=1S/C23H40O2/c1-20(12-8-13-22(3)18-24)10-7-11-21(2)14-9-17-25-19-23-15-5-4-6-16-23/h4-6,15-16,20-22,24H,7-14,17-19H2,1-3H3/t20-,21+,22-/m1/s1. The average molecular weight is 349 g/mol. The Morgan fingerprint density at radius 3 is 1.84 bits per heavy atom. The summed E-state index contributed by atoms with van der Waals surface area (Å²) in [6, 6.07) is 10.4. The average Bonchev–Trinajstić information content (AvgIpc) is 2.62. The molecule has 3 atom stereocenters. The first-order valence-electron chi connectivity index (χ1n) is 10.3. The Kier molecular flexibility index (Phi) is 12.7. The van der Waals surface area contributed by atoms with E-state index in [0.29, 0.717) is 12.5 Å². The summed E-state index contributed by atoms with van der Waals surface area (Å²) < 4.78 is 5.77. The third-order valence-electron chi connectivity index (χ3n) is 5.20. The van der Waals surface area contributed by atoms with Crippen molar-refractivity contribution in [2.24, 2.45) is 17.8 Å². The van der Waals surface area contributed by atoms with Gasteiger partial charge in [-0.3, -0.25) is 0 Å². The predicted molar refractivity (Wildman–Crippen MR) is 108 cm³/mol. The molecule has 1 aromatic carbocycles. The van der Waals surface area contributed by atoms with E-state index >= 15 is 0 Å². The molecule has 0 aliphatic heterocycles. The largest absolute Gasteiger partial charge is 0.396 e. The SMILES string of the molecule is C[C@H](CCCOCc1ccccc1)CCC[C@@H](C)CCC[C@@H](C)CO. The predicted octanol–water partition coefficient (Wildman–Crippen LogP) is 6.22. The fourth-order valence-electron chi connectivity index (χ4n) is 3.31. The van der Waals surface area contributed by atoms with Crippen LogP contribution in [0.1, 0.15) is 77.7 Å². The van der Waals surface area contributed by atoms with E-state index in [1.54, 1.807) is 0 Å². The van der Waals surface area contributed by atoms with Crippen LogP contribution >= 0.6 is 0 Å². The van der Waals surface area contributed by atoms with Gasteiger partial charge in [-0.1, -0.05) is 83.2 Å². The zero-order valence-corrected chi connectivity index (χ0v) is 16.8. The summed E-state index contributed by atoms with van der Waals surface area (Å²) in [4.78, 5) is 0. The van der Waals surface area contributed by atoms with Crippen LogP contribution in [0, 0.1) is 17.8 Å². The Morgan fingerprint density at radius 1 is 0.760 bits per heavy atom. The van der Waals surface area contributed by atoms with E-state index < -0.39 is 0 Å². The molecule has 0 saturated heterocycles. The molecule has 0 fully saturated rings. The Hall–Kier alpha value is -0.860. The smallest absolute Gasteiger partial charge is 0.0716 e. The number of aliphatic hydroxyl groups excluding tert-OH is 1. The lowest BCUT2D eigenvalue weighted by Gasteiger charge is -2.15. The Morgan fingerprint density at radius 2 is 1.28 bits per heavy atom. The number of aliphatic hydroxyl groups is 1. The molecule has 0 aliphatic rings. The molecule has 0 bridgehead atoms. The monoisotopic (exact) mass is 348 g/mol. The van der Waals surface area contributed by atoms with E-state index in [4.69, 9.17) is 9.84 Å². The first-order chi connectivity index (χ1) is 12.1. The summed E-state index contributed by atoms with van der Waals surface area (Å²) in [5, 5.41) is 9.06.